The van der Waals surface area contributed by atoms with E-state index in [4.69, 9.17) is 4.99 Å². The largest absolute Gasteiger partial charge is 0.374 e. The molecule has 0 aliphatic carbocycles. The first-order chi connectivity index (χ1) is 12.1. The molecule has 0 amide bonds. The quantitative estimate of drug-likeness (QED) is 0.628. The van der Waals surface area contributed by atoms with E-state index in [0.717, 1.165) is 23.5 Å². The van der Waals surface area contributed by atoms with Gasteiger partial charge in [-0.2, -0.15) is 0 Å². The normalized spacial score (nSPS) is 19.4. The second-order valence-electron chi connectivity index (χ2n) is 6.95. The van der Waals surface area contributed by atoms with Crippen LogP contribution in [0.4, 0.5) is 11.4 Å². The van der Waals surface area contributed by atoms with Gasteiger partial charge in [-0.05, 0) is 42.7 Å². The lowest BCUT2D eigenvalue weighted by atomic mass is 9.85. The molecule has 2 heteroatoms. The van der Waals surface area contributed by atoms with Crippen molar-refractivity contribution in [2.24, 2.45) is 4.99 Å². The van der Waals surface area contributed by atoms with Crippen molar-refractivity contribution in [2.75, 3.05) is 5.32 Å². The van der Waals surface area contributed by atoms with Crippen LogP contribution in [-0.4, -0.2) is 5.71 Å². The first-order valence-corrected chi connectivity index (χ1v) is 8.71. The highest BCUT2D eigenvalue weighted by molar-refractivity contribution is 6.04. The summed E-state index contributed by atoms with van der Waals surface area (Å²) in [4.78, 5) is 5.03. The van der Waals surface area contributed by atoms with Crippen LogP contribution in [0.3, 0.4) is 0 Å². The molecule has 1 aliphatic heterocycles. The van der Waals surface area contributed by atoms with Crippen molar-refractivity contribution >= 4 is 17.1 Å². The second kappa shape index (κ2) is 6.21. The summed E-state index contributed by atoms with van der Waals surface area (Å²) in [6, 6.07) is 27.6. The van der Waals surface area contributed by atoms with E-state index in [2.05, 4.69) is 92.0 Å². The number of hydrogen-bond donors (Lipinski definition) is 1. The number of aliphatic imine (C=N–C) groups is 1. The van der Waals surface area contributed by atoms with Crippen LogP contribution in [0.2, 0.25) is 0 Å². The molecule has 1 atom stereocenters. The summed E-state index contributed by atoms with van der Waals surface area (Å²) in [5.74, 6) is 0. The average molecular weight is 326 g/mol. The Balaban J connectivity index is 1.89. The highest BCUT2D eigenvalue weighted by Gasteiger charge is 2.31. The van der Waals surface area contributed by atoms with Crippen molar-refractivity contribution in [2.45, 2.75) is 25.8 Å². The zero-order chi connectivity index (χ0) is 17.3. The van der Waals surface area contributed by atoms with Gasteiger partial charge in [0, 0.05) is 6.42 Å². The summed E-state index contributed by atoms with van der Waals surface area (Å²) < 4.78 is 0. The molecule has 0 saturated carbocycles. The van der Waals surface area contributed by atoms with Gasteiger partial charge in [0.25, 0.3) is 0 Å². The Kier molecular flexibility index (Phi) is 3.89. The molecule has 0 aromatic heterocycles. The topological polar surface area (TPSA) is 24.4 Å². The van der Waals surface area contributed by atoms with Gasteiger partial charge in [-0.15, -0.1) is 0 Å². The Bertz CT molecular complexity index is 913. The Morgan fingerprint density at radius 3 is 2.28 bits per heavy atom. The minimum absolute atomic E-state index is 0.213. The van der Waals surface area contributed by atoms with Crippen LogP contribution in [0.1, 0.15) is 30.0 Å². The van der Waals surface area contributed by atoms with Crippen molar-refractivity contribution in [3.8, 4) is 0 Å². The molecule has 2 nitrogen and oxygen atoms in total. The smallest absolute Gasteiger partial charge is 0.0864 e. The highest BCUT2D eigenvalue weighted by atomic mass is 15.0. The summed E-state index contributed by atoms with van der Waals surface area (Å²) >= 11 is 0. The van der Waals surface area contributed by atoms with Gasteiger partial charge in [-0.25, -0.2) is 0 Å². The molecule has 1 heterocycles. The maximum absolute atomic E-state index is 5.03. The minimum Gasteiger partial charge on any atom is -0.374 e. The molecule has 124 valence electrons. The van der Waals surface area contributed by atoms with E-state index >= 15 is 0 Å². The fourth-order valence-electron chi connectivity index (χ4n) is 3.49. The summed E-state index contributed by atoms with van der Waals surface area (Å²) in [5, 5.41) is 3.78. The summed E-state index contributed by atoms with van der Waals surface area (Å²) in [6.45, 7) is 4.38. The number of hydrogen-bond acceptors (Lipinski definition) is 2. The molecule has 25 heavy (non-hydrogen) atoms. The first kappa shape index (κ1) is 15.6. The van der Waals surface area contributed by atoms with Gasteiger partial charge in [0.1, 0.15) is 0 Å². The number of nitrogens with one attached hydrogen (secondary N) is 1. The van der Waals surface area contributed by atoms with Gasteiger partial charge in [0.2, 0.25) is 0 Å². The molecule has 0 spiro atoms. The van der Waals surface area contributed by atoms with Crippen molar-refractivity contribution in [3.63, 3.8) is 0 Å². The lowest BCUT2D eigenvalue weighted by Crippen LogP contribution is -2.33. The third kappa shape index (κ3) is 3.08. The SMILES string of the molecule is Cc1ccc2c(c1)NC(C)(c1ccccc1)CC(c1ccccc1)=N2. The van der Waals surface area contributed by atoms with E-state index in [1.54, 1.807) is 0 Å². The lowest BCUT2D eigenvalue weighted by Gasteiger charge is -2.32. The van der Waals surface area contributed by atoms with E-state index in [9.17, 15) is 0 Å². The van der Waals surface area contributed by atoms with Gasteiger partial charge < -0.3 is 5.32 Å². The van der Waals surface area contributed by atoms with E-state index in [1.165, 1.54) is 16.7 Å². The molecule has 3 aromatic carbocycles. The van der Waals surface area contributed by atoms with Gasteiger partial charge in [-0.1, -0.05) is 66.7 Å². The number of rotatable bonds is 2. The molecule has 1 unspecified atom stereocenters. The maximum atomic E-state index is 5.03. The number of benzene rings is 3. The van der Waals surface area contributed by atoms with E-state index < -0.39 is 0 Å². The molecular weight excluding hydrogens is 304 g/mol. The zero-order valence-electron chi connectivity index (χ0n) is 14.7. The fourth-order valence-corrected chi connectivity index (χ4v) is 3.49. The minimum atomic E-state index is -0.213. The number of anilines is 1. The third-order valence-electron chi connectivity index (χ3n) is 4.86. The molecular formula is C23H22N2. The van der Waals surface area contributed by atoms with Crippen LogP contribution in [-0.2, 0) is 5.54 Å². The fraction of sp³-hybridized carbons (Fsp3) is 0.174. The average Bonchev–Trinajstić information content (AvgIpc) is 2.79. The van der Waals surface area contributed by atoms with Crippen LogP contribution in [0.15, 0.2) is 83.9 Å². The van der Waals surface area contributed by atoms with Crippen LogP contribution < -0.4 is 5.32 Å². The molecule has 4 rings (SSSR count). The van der Waals surface area contributed by atoms with Crippen LogP contribution in [0.25, 0.3) is 0 Å². The summed E-state index contributed by atoms with van der Waals surface area (Å²) in [7, 11) is 0. The zero-order valence-corrected chi connectivity index (χ0v) is 14.7. The predicted molar refractivity (Wildman–Crippen MR) is 106 cm³/mol. The van der Waals surface area contributed by atoms with E-state index in [1.807, 2.05) is 6.07 Å². The van der Waals surface area contributed by atoms with Crippen LogP contribution in [0.5, 0.6) is 0 Å². The molecule has 1 N–H and O–H groups in total. The van der Waals surface area contributed by atoms with Crippen LogP contribution >= 0.6 is 0 Å². The molecule has 1 aliphatic rings. The Morgan fingerprint density at radius 1 is 0.880 bits per heavy atom. The molecule has 0 bridgehead atoms. The standard InChI is InChI=1S/C23H22N2/c1-17-13-14-20-21(15-17)25-23(2,19-11-7-4-8-12-19)16-22(24-20)18-9-5-3-6-10-18/h3-15,25H,16H2,1-2H3. The molecule has 0 radical (unpaired) electrons. The monoisotopic (exact) mass is 326 g/mol. The van der Waals surface area contributed by atoms with Crippen molar-refractivity contribution in [1.29, 1.82) is 0 Å². The Hall–Kier alpha value is -2.87. The molecule has 3 aromatic rings. The van der Waals surface area contributed by atoms with Gasteiger partial charge >= 0.3 is 0 Å². The second-order valence-corrected chi connectivity index (χ2v) is 6.95. The van der Waals surface area contributed by atoms with Gasteiger partial charge in [0.05, 0.1) is 22.6 Å². The molecule has 0 fully saturated rings. The maximum Gasteiger partial charge on any atom is 0.0864 e. The van der Waals surface area contributed by atoms with Crippen molar-refractivity contribution in [3.05, 3.63) is 95.6 Å². The summed E-state index contributed by atoms with van der Waals surface area (Å²) in [6.07, 6.45) is 0.828. The number of aryl methyl sites for hydroxylation is 1. The number of fused-ring (bicyclic) bond motifs is 1. The van der Waals surface area contributed by atoms with Gasteiger partial charge in [0.15, 0.2) is 0 Å². The number of nitrogens with zero attached hydrogens (tertiary/aromatic N) is 1. The third-order valence-corrected chi connectivity index (χ3v) is 4.86. The van der Waals surface area contributed by atoms with E-state index in [-0.39, 0.29) is 5.54 Å². The molecule has 0 saturated heterocycles. The Morgan fingerprint density at radius 2 is 1.56 bits per heavy atom. The van der Waals surface area contributed by atoms with Gasteiger partial charge in [-0.3, -0.25) is 4.99 Å². The first-order valence-electron chi connectivity index (χ1n) is 8.71. The van der Waals surface area contributed by atoms with Crippen LogP contribution in [0, 0.1) is 6.92 Å². The Labute approximate surface area is 149 Å². The lowest BCUT2D eigenvalue weighted by molar-refractivity contribution is 0.571. The van der Waals surface area contributed by atoms with Crippen molar-refractivity contribution in [1.82, 2.24) is 0 Å². The van der Waals surface area contributed by atoms with E-state index in [0.29, 0.717) is 0 Å². The summed E-state index contributed by atoms with van der Waals surface area (Å²) in [5.41, 5.74) is 6.69. The van der Waals surface area contributed by atoms with Crippen molar-refractivity contribution < 1.29 is 0 Å². The highest BCUT2D eigenvalue weighted by Crippen LogP contribution is 2.39. The predicted octanol–water partition coefficient (Wildman–Crippen LogP) is 5.85.